The fourth-order valence-electron chi connectivity index (χ4n) is 8.51. The number of hydrogen-bond acceptors (Lipinski definition) is 23. The topological polar surface area (TPSA) is 520 Å². The van der Waals surface area contributed by atoms with E-state index in [9.17, 15) is 102 Å². The number of amides is 6. The third-order valence-electron chi connectivity index (χ3n) is 12.1. The highest BCUT2D eigenvalue weighted by molar-refractivity contribution is 7.87. The summed E-state index contributed by atoms with van der Waals surface area (Å²) in [4.78, 5) is 58.9. The molecule has 8 aromatic rings. The summed E-state index contributed by atoms with van der Waals surface area (Å²) < 4.78 is 222. The molecule has 444 valence electrons. The molecule has 84 heavy (non-hydrogen) atoms. The first-order chi connectivity index (χ1) is 38.6. The monoisotopic (exact) mass is 1270 g/mol. The highest BCUT2D eigenvalue weighted by Crippen LogP contribution is 2.37. The van der Waals surface area contributed by atoms with Crippen LogP contribution < -0.4 is 31.9 Å². The number of carbonyl (C=O) groups is 5. The highest BCUT2D eigenvalue weighted by atomic mass is 32.2. The van der Waals surface area contributed by atoms with Crippen molar-refractivity contribution in [2.75, 3.05) is 31.9 Å². The quantitative estimate of drug-likeness (QED) is 0.0745. The van der Waals surface area contributed by atoms with Crippen molar-refractivity contribution in [3.63, 3.8) is 0 Å². The molecule has 0 aliphatic carbocycles. The van der Waals surface area contributed by atoms with E-state index in [4.69, 9.17) is 0 Å². The second-order valence-corrected chi connectivity index (χ2v) is 26.2. The third kappa shape index (κ3) is 13.0. The lowest BCUT2D eigenvalue weighted by Crippen LogP contribution is -2.18. The van der Waals surface area contributed by atoms with Gasteiger partial charge in [0, 0.05) is 85.9 Å². The summed E-state index contributed by atoms with van der Waals surface area (Å²) >= 11 is 0. The average molecular weight is 1280 g/mol. The molecule has 0 saturated heterocycles. The summed E-state index contributed by atoms with van der Waals surface area (Å²) in [6, 6.07) is 7.61. The van der Waals surface area contributed by atoms with Gasteiger partial charge in [-0.25, -0.2) is 55.3 Å². The molecule has 4 aromatic heterocycles. The fourth-order valence-corrected chi connectivity index (χ4v) is 12.5. The Morgan fingerprint density at radius 1 is 0.298 bits per heavy atom. The van der Waals surface area contributed by atoms with E-state index in [2.05, 4.69) is 31.9 Å². The number of urea groups is 1. The van der Waals surface area contributed by atoms with E-state index in [0.717, 1.165) is 24.3 Å². The molecule has 0 radical (unpaired) electrons. The Bertz CT molecular complexity index is 4640. The Balaban J connectivity index is 0.913. The Morgan fingerprint density at radius 2 is 0.524 bits per heavy atom. The molecule has 0 saturated carbocycles. The molecule has 4 heterocycles. The van der Waals surface area contributed by atoms with Gasteiger partial charge in [-0.3, -0.25) is 19.2 Å². The molecule has 0 spiro atoms. The van der Waals surface area contributed by atoms with Crippen molar-refractivity contribution < 1.29 is 102 Å². The largest absolute Gasteiger partial charge is 0.744 e. The number of anilines is 6. The number of nitrogens with one attached hydrogen (secondary N) is 6. The van der Waals surface area contributed by atoms with Gasteiger partial charge in [0.15, 0.2) is 0 Å². The SMILES string of the molecule is Cn1cc(NC(=O)Nc2cc(C(=O)Nc3cc(C(=O)Nc4cc(S(=O)(=O)[O-])c5cc(S(=O)(=O)[O-])cc(S(=O)(=O)[O-])c5c4)n(C)c3)n(C)c2)cc1C(=O)Nc1cc(C(=O)Nc2cc(S(=O)(=O)[O-])c3cc(S(=O)(=O)[O-])cc(S(=O)(=O)[O-])c3c2)n(C)c1. The van der Waals surface area contributed by atoms with Gasteiger partial charge in [0.1, 0.15) is 83.5 Å². The maximum atomic E-state index is 13.5. The number of aryl methyl sites for hydroxylation is 4. The van der Waals surface area contributed by atoms with Crippen molar-refractivity contribution in [2.45, 2.75) is 29.4 Å². The van der Waals surface area contributed by atoms with Gasteiger partial charge in [-0.1, -0.05) is 0 Å². The smallest absolute Gasteiger partial charge is 0.323 e. The van der Waals surface area contributed by atoms with Crippen molar-refractivity contribution in [1.82, 2.24) is 18.3 Å². The minimum Gasteiger partial charge on any atom is -0.744 e. The summed E-state index contributed by atoms with van der Waals surface area (Å²) in [7, 11) is -28.0. The first-order valence-electron chi connectivity index (χ1n) is 22.5. The molecule has 6 amide bonds. The highest BCUT2D eigenvalue weighted by Gasteiger charge is 2.25. The number of hydrogen-bond donors (Lipinski definition) is 6. The molecule has 4 aromatic carbocycles. The Morgan fingerprint density at radius 3 is 0.774 bits per heavy atom. The molecular formula is C45H34N10O23S6-6. The number of rotatable bonds is 16. The molecule has 0 bridgehead atoms. The number of carbonyl (C=O) groups excluding carboxylic acids is 5. The summed E-state index contributed by atoms with van der Waals surface area (Å²) in [5.41, 5.74) is -1.61. The zero-order valence-electron chi connectivity index (χ0n) is 42.4. The van der Waals surface area contributed by atoms with Crippen LogP contribution in [-0.4, -0.2) is 126 Å². The first-order valence-corrected chi connectivity index (χ1v) is 31.0. The lowest BCUT2D eigenvalue weighted by atomic mass is 10.1. The third-order valence-corrected chi connectivity index (χ3v) is 17.2. The molecule has 0 unspecified atom stereocenters. The number of aromatic nitrogens is 4. The van der Waals surface area contributed by atoms with Crippen molar-refractivity contribution in [3.8, 4) is 0 Å². The maximum Gasteiger partial charge on any atom is 0.323 e. The second kappa shape index (κ2) is 21.4. The Hall–Kier alpha value is -8.87. The van der Waals surface area contributed by atoms with E-state index in [1.807, 2.05) is 0 Å². The van der Waals surface area contributed by atoms with Crippen LogP contribution in [0.3, 0.4) is 0 Å². The van der Waals surface area contributed by atoms with E-state index < -0.39 is 153 Å². The van der Waals surface area contributed by atoms with Crippen LogP contribution in [0.15, 0.2) is 127 Å². The summed E-state index contributed by atoms with van der Waals surface area (Å²) in [6.45, 7) is 0. The van der Waals surface area contributed by atoms with Crippen LogP contribution in [0.4, 0.5) is 38.9 Å². The molecule has 0 atom stereocenters. The fraction of sp³-hybridized carbons (Fsp3) is 0.0889. The molecule has 8 rings (SSSR count). The predicted molar refractivity (Wildman–Crippen MR) is 282 cm³/mol. The van der Waals surface area contributed by atoms with Gasteiger partial charge in [0.2, 0.25) is 0 Å². The van der Waals surface area contributed by atoms with E-state index in [0.29, 0.717) is 24.3 Å². The lowest BCUT2D eigenvalue weighted by molar-refractivity contribution is 0.101. The first kappa shape index (κ1) is 61.2. The number of benzene rings is 4. The summed E-state index contributed by atoms with van der Waals surface area (Å²) in [5, 5.41) is 11.1. The molecular weight excluding hydrogens is 1240 g/mol. The van der Waals surface area contributed by atoms with Crippen LogP contribution in [0.2, 0.25) is 0 Å². The lowest BCUT2D eigenvalue weighted by Gasteiger charge is -2.19. The molecule has 33 nitrogen and oxygen atoms in total. The van der Waals surface area contributed by atoms with Gasteiger partial charge < -0.3 is 77.5 Å². The predicted octanol–water partition coefficient (Wildman–Crippen LogP) is 1.42. The number of fused-ring (bicyclic) bond motifs is 2. The maximum absolute atomic E-state index is 13.5. The van der Waals surface area contributed by atoms with Gasteiger partial charge in [-0.2, -0.15) is 0 Å². The summed E-state index contributed by atoms with van der Waals surface area (Å²) in [6.07, 6.45) is 5.21. The van der Waals surface area contributed by atoms with E-state index in [-0.39, 0.29) is 57.7 Å². The van der Waals surface area contributed by atoms with Crippen LogP contribution in [0.25, 0.3) is 21.5 Å². The Kier molecular flexibility index (Phi) is 15.6. The molecule has 0 fully saturated rings. The normalized spacial score (nSPS) is 12.5. The van der Waals surface area contributed by atoms with Gasteiger partial charge >= 0.3 is 6.03 Å². The van der Waals surface area contributed by atoms with Crippen LogP contribution in [0.1, 0.15) is 42.0 Å². The number of nitrogens with zero attached hydrogens (tertiary/aromatic N) is 4. The molecule has 0 aliphatic heterocycles. The molecule has 0 aliphatic rings. The zero-order chi connectivity index (χ0) is 62.3. The van der Waals surface area contributed by atoms with Crippen molar-refractivity contribution in [3.05, 3.63) is 120 Å². The second-order valence-electron chi connectivity index (χ2n) is 18.0. The van der Waals surface area contributed by atoms with Gasteiger partial charge in [0.25, 0.3) is 23.6 Å². The van der Waals surface area contributed by atoms with Gasteiger partial charge in [0.05, 0.1) is 52.1 Å². The van der Waals surface area contributed by atoms with E-state index >= 15 is 0 Å². The standard InChI is InChI=1S/C45H40N10O23S6/c1-52-17-23(7-33(52)41(56)46-21-5-29-31(37(11-21)81(67,68)69)13-27(79(61,62)63)15-39(29)83(73,74)75)48-43(58)35-9-25(19-54(35)3)50-45(60)51-26-10-36(55(4)20-26)44(59)49-24-8-34(53(2)18-24)42(57)47-22-6-30-32(38(12-22)82(70,71)72)14-28(80(64,65)66)16-40(30)84(76,77)78/h5-20H,1-4H3,(H,46,56)(H,47,57)(H,48,58)(H,49,59)(H2,50,51,60)(H,61,62,63)(H,64,65,66)(H,67,68,69)(H,70,71,72)(H,73,74,75)(H,76,77,78)/p-6. The van der Waals surface area contributed by atoms with E-state index in [1.165, 1.54) is 83.4 Å². The van der Waals surface area contributed by atoms with Crippen molar-refractivity contribution >= 4 is 146 Å². The average Bonchev–Trinajstić information content (AvgIpc) is 1.54. The van der Waals surface area contributed by atoms with Crippen molar-refractivity contribution in [2.24, 2.45) is 28.2 Å². The van der Waals surface area contributed by atoms with E-state index in [1.54, 1.807) is 0 Å². The minimum absolute atomic E-state index is 0.00703. The summed E-state index contributed by atoms with van der Waals surface area (Å²) in [5.74, 6) is -3.68. The van der Waals surface area contributed by atoms with Crippen LogP contribution in [0, 0.1) is 0 Å². The minimum atomic E-state index is -5.65. The zero-order valence-corrected chi connectivity index (χ0v) is 47.3. The molecule has 6 N–H and O–H groups in total. The van der Waals surface area contributed by atoms with Crippen LogP contribution >= 0.6 is 0 Å². The molecule has 39 heteroatoms. The van der Waals surface area contributed by atoms with Crippen LogP contribution in [-0.2, 0) is 88.9 Å². The van der Waals surface area contributed by atoms with Crippen LogP contribution in [0.5, 0.6) is 0 Å². The Labute approximate surface area is 473 Å². The van der Waals surface area contributed by atoms with Gasteiger partial charge in [-0.15, -0.1) is 0 Å². The van der Waals surface area contributed by atoms with Crippen molar-refractivity contribution in [1.29, 1.82) is 0 Å². The van der Waals surface area contributed by atoms with Gasteiger partial charge in [-0.05, 0) is 72.8 Å².